The van der Waals surface area contributed by atoms with E-state index < -0.39 is 11.9 Å². The minimum absolute atomic E-state index is 0.167. The number of aliphatic hydroxyl groups is 1. The van der Waals surface area contributed by atoms with Crippen molar-refractivity contribution in [1.82, 2.24) is 0 Å². The van der Waals surface area contributed by atoms with Crippen LogP contribution in [0, 0.1) is 5.41 Å². The molecule has 0 aliphatic heterocycles. The lowest BCUT2D eigenvalue weighted by molar-refractivity contribution is -0.134. The zero-order chi connectivity index (χ0) is 18.0. The molecule has 0 radical (unpaired) electrons. The van der Waals surface area contributed by atoms with Crippen molar-refractivity contribution >= 4 is 17.9 Å². The van der Waals surface area contributed by atoms with E-state index >= 15 is 0 Å². The summed E-state index contributed by atoms with van der Waals surface area (Å²) in [5.74, 6) is -2.85. The van der Waals surface area contributed by atoms with Crippen molar-refractivity contribution in [3.63, 3.8) is 0 Å². The summed E-state index contributed by atoms with van der Waals surface area (Å²) in [5.41, 5.74) is 8.94. The first-order chi connectivity index (χ1) is 10.1. The van der Waals surface area contributed by atoms with Crippen molar-refractivity contribution in [1.29, 1.82) is 5.41 Å². The van der Waals surface area contributed by atoms with Crippen molar-refractivity contribution in [2.75, 3.05) is 0 Å². The van der Waals surface area contributed by atoms with Crippen LogP contribution in [0.25, 0.3) is 0 Å². The first-order valence-corrected chi connectivity index (χ1v) is 6.01. The molecule has 0 aromatic heterocycles. The summed E-state index contributed by atoms with van der Waals surface area (Å²) in [6.45, 7) is 3.44. The van der Waals surface area contributed by atoms with E-state index in [-0.39, 0.29) is 12.1 Å². The van der Waals surface area contributed by atoms with Crippen LogP contribution < -0.4 is 11.5 Å². The molecule has 0 spiro atoms. The molecule has 0 amide bonds. The molecule has 0 unspecified atom stereocenters. The third kappa shape index (κ3) is 67.4. The lowest BCUT2D eigenvalue weighted by Gasteiger charge is -1.80. The Labute approximate surface area is 129 Å². The second kappa shape index (κ2) is 18.1. The molecule has 0 bridgehead atoms. The number of rotatable bonds is 2. The molecule has 1 aromatic carbocycles. The number of nitrogens with two attached hydrogens (primary N) is 2. The molecule has 0 fully saturated rings. The predicted octanol–water partition coefficient (Wildman–Crippen LogP) is 0.624. The molecule has 8 N–H and O–H groups in total. The Morgan fingerprint density at radius 3 is 1.14 bits per heavy atom. The first-order valence-electron chi connectivity index (χ1n) is 6.01. The van der Waals surface area contributed by atoms with Crippen LogP contribution >= 0.6 is 0 Å². The quantitative estimate of drug-likeness (QED) is 0.264. The molecule has 0 saturated heterocycles. The molecule has 0 aliphatic rings. The van der Waals surface area contributed by atoms with E-state index in [9.17, 15) is 9.59 Å². The molecule has 0 aliphatic carbocycles. The number of carboxylic acid groups (broad SMARTS) is 2. The molecule has 124 valence electrons. The Morgan fingerprint density at radius 1 is 0.909 bits per heavy atom. The van der Waals surface area contributed by atoms with Gasteiger partial charge >= 0.3 is 11.9 Å². The van der Waals surface area contributed by atoms with Gasteiger partial charge in [0.05, 0.1) is 0 Å². The lowest BCUT2D eigenvalue weighted by Crippen LogP contribution is -2.20. The highest BCUT2D eigenvalue weighted by atomic mass is 16.4. The van der Waals surface area contributed by atoms with Crippen molar-refractivity contribution in [3.05, 3.63) is 48.6 Å². The second-order valence-electron chi connectivity index (χ2n) is 3.71. The zero-order valence-electron chi connectivity index (χ0n) is 12.5. The monoisotopic (exact) mass is 313 g/mol. The standard InChI is InChI=1S/C6H6.C4H4O4.C3H8O.CH5N3/c1-2-4-6-5-3-1;5-3(6)1-2-4(7)8;1-3(2)4;2-1(3)4/h1-6H;1-2H,(H,5,6)(H,7,8);3-4H,1-2H3;(H5,2,3,4)/b;2-1-;;. The number of guanidine groups is 1. The van der Waals surface area contributed by atoms with Gasteiger partial charge in [0.25, 0.3) is 0 Å². The second-order valence-corrected chi connectivity index (χ2v) is 3.71. The van der Waals surface area contributed by atoms with Gasteiger partial charge in [0.15, 0.2) is 5.96 Å². The fourth-order valence-corrected chi connectivity index (χ4v) is 0.527. The van der Waals surface area contributed by atoms with Gasteiger partial charge < -0.3 is 26.8 Å². The van der Waals surface area contributed by atoms with E-state index in [1.165, 1.54) is 0 Å². The number of nitrogens with one attached hydrogen (secondary N) is 1. The summed E-state index contributed by atoms with van der Waals surface area (Å²) in [6, 6.07) is 12.0. The van der Waals surface area contributed by atoms with Crippen LogP contribution in [0.3, 0.4) is 0 Å². The number of hydrogen-bond acceptors (Lipinski definition) is 4. The SMILES string of the molecule is CC(C)O.N=C(N)N.O=C(O)/C=C\C(=O)O.c1ccccc1. The highest BCUT2D eigenvalue weighted by molar-refractivity contribution is 5.89. The number of carbonyl (C=O) groups is 2. The van der Waals surface area contributed by atoms with Crippen LogP contribution in [0.2, 0.25) is 0 Å². The molecule has 1 rings (SSSR count). The van der Waals surface area contributed by atoms with E-state index in [2.05, 4.69) is 11.5 Å². The van der Waals surface area contributed by atoms with Crippen LogP contribution in [0.1, 0.15) is 13.8 Å². The molecule has 1 aromatic rings. The zero-order valence-corrected chi connectivity index (χ0v) is 12.5. The molecular weight excluding hydrogens is 290 g/mol. The highest BCUT2D eigenvalue weighted by Gasteiger charge is 1.88. The Morgan fingerprint density at radius 2 is 1.05 bits per heavy atom. The number of aliphatic hydroxyl groups excluding tert-OH is 1. The van der Waals surface area contributed by atoms with Crippen molar-refractivity contribution in [3.8, 4) is 0 Å². The fraction of sp³-hybridized carbons (Fsp3) is 0.214. The van der Waals surface area contributed by atoms with Gasteiger partial charge in [0.2, 0.25) is 0 Å². The first kappa shape index (κ1) is 24.2. The average Bonchev–Trinajstić information content (AvgIpc) is 2.38. The van der Waals surface area contributed by atoms with Crippen molar-refractivity contribution in [2.24, 2.45) is 11.5 Å². The fourth-order valence-electron chi connectivity index (χ4n) is 0.527. The maximum absolute atomic E-state index is 9.55. The van der Waals surface area contributed by atoms with E-state index in [4.69, 9.17) is 20.7 Å². The third-order valence-electron chi connectivity index (χ3n) is 1.04. The predicted molar refractivity (Wildman–Crippen MR) is 84.3 cm³/mol. The normalized spacial score (nSPS) is 8.36. The van der Waals surface area contributed by atoms with Gasteiger partial charge in [-0.05, 0) is 13.8 Å². The van der Waals surface area contributed by atoms with E-state index in [1.807, 2.05) is 36.4 Å². The Kier molecular flexibility index (Phi) is 19.9. The van der Waals surface area contributed by atoms with Crippen molar-refractivity contribution < 1.29 is 24.9 Å². The summed E-state index contributed by atoms with van der Waals surface area (Å²) in [7, 11) is 0. The smallest absolute Gasteiger partial charge is 0.328 e. The van der Waals surface area contributed by atoms with Gasteiger partial charge in [-0.3, -0.25) is 5.41 Å². The van der Waals surface area contributed by atoms with E-state index in [1.54, 1.807) is 13.8 Å². The summed E-state index contributed by atoms with van der Waals surface area (Å²) in [4.78, 5) is 19.1. The van der Waals surface area contributed by atoms with Crippen LogP contribution in [0.15, 0.2) is 48.6 Å². The molecular formula is C14H23N3O5. The molecule has 0 atom stereocenters. The molecule has 22 heavy (non-hydrogen) atoms. The third-order valence-corrected chi connectivity index (χ3v) is 1.04. The van der Waals surface area contributed by atoms with E-state index in [0.29, 0.717) is 12.2 Å². The largest absolute Gasteiger partial charge is 0.478 e. The van der Waals surface area contributed by atoms with Crippen LogP contribution in [-0.4, -0.2) is 39.3 Å². The van der Waals surface area contributed by atoms with Crippen LogP contribution in [-0.2, 0) is 9.59 Å². The Hall–Kier alpha value is -2.87. The Balaban J connectivity index is -0.000000230. The summed E-state index contributed by atoms with van der Waals surface area (Å²) >= 11 is 0. The van der Waals surface area contributed by atoms with Crippen LogP contribution in [0.5, 0.6) is 0 Å². The minimum atomic E-state index is -1.26. The number of carboxylic acids is 2. The van der Waals surface area contributed by atoms with Gasteiger partial charge in [-0.15, -0.1) is 0 Å². The van der Waals surface area contributed by atoms with Gasteiger partial charge in [-0.1, -0.05) is 36.4 Å². The van der Waals surface area contributed by atoms with Gasteiger partial charge in [-0.25, -0.2) is 9.59 Å². The number of aliphatic carboxylic acids is 2. The van der Waals surface area contributed by atoms with Gasteiger partial charge in [-0.2, -0.15) is 0 Å². The number of benzene rings is 1. The topological polar surface area (TPSA) is 171 Å². The average molecular weight is 313 g/mol. The van der Waals surface area contributed by atoms with E-state index in [0.717, 1.165) is 0 Å². The lowest BCUT2D eigenvalue weighted by atomic mass is 10.4. The van der Waals surface area contributed by atoms with Gasteiger partial charge in [0.1, 0.15) is 0 Å². The van der Waals surface area contributed by atoms with Crippen LogP contribution in [0.4, 0.5) is 0 Å². The summed E-state index contributed by atoms with van der Waals surface area (Å²) < 4.78 is 0. The van der Waals surface area contributed by atoms with Crippen molar-refractivity contribution in [2.45, 2.75) is 20.0 Å². The Bertz CT molecular complexity index is 384. The maximum atomic E-state index is 9.55. The number of hydrogen-bond donors (Lipinski definition) is 6. The summed E-state index contributed by atoms with van der Waals surface area (Å²) in [5, 5.41) is 29.7. The molecule has 0 heterocycles. The molecule has 8 nitrogen and oxygen atoms in total. The molecule has 0 saturated carbocycles. The highest BCUT2D eigenvalue weighted by Crippen LogP contribution is 1.79. The summed E-state index contributed by atoms with van der Waals surface area (Å²) in [6.07, 6.45) is 0.949. The maximum Gasteiger partial charge on any atom is 0.328 e. The van der Waals surface area contributed by atoms with Gasteiger partial charge in [0, 0.05) is 18.3 Å². The minimum Gasteiger partial charge on any atom is -0.478 e. The molecule has 8 heteroatoms.